The van der Waals surface area contributed by atoms with E-state index in [9.17, 15) is 0 Å². The Morgan fingerprint density at radius 1 is 0.200 bits per heavy atom. The Labute approximate surface area is 465 Å². The number of hydrogen-bond donors (Lipinski definition) is 0. The maximum atomic E-state index is 4.93. The molecule has 0 amide bonds. The fourth-order valence-corrected chi connectivity index (χ4v) is 12.3. The van der Waals surface area contributed by atoms with Crippen molar-refractivity contribution in [3.05, 3.63) is 310 Å². The van der Waals surface area contributed by atoms with E-state index in [1.807, 2.05) is 6.20 Å². The predicted molar refractivity (Wildman–Crippen MR) is 340 cm³/mol. The second kappa shape index (κ2) is 19.8. The quantitative estimate of drug-likeness (QED) is 0.101. The average molecular weight is 1020 g/mol. The molecule has 15 aromatic rings. The van der Waals surface area contributed by atoms with Gasteiger partial charge in [-0.3, -0.25) is 4.98 Å². The topological polar surface area (TPSA) is 19.4 Å². The minimum Gasteiger partial charge on any atom is -0.309 e. The van der Waals surface area contributed by atoms with Gasteiger partial charge in [-0.1, -0.05) is 249 Å². The summed E-state index contributed by atoms with van der Waals surface area (Å²) in [5.74, 6) is 0. The molecule has 80 heavy (non-hydrogen) atoms. The standard InChI is InChI=1S/C77H51N3/c1-5-23-64-52(16-1)20-13-31-67(64)56-34-42-60(43-35-56)79(61-44-36-57(37-45-61)68-32-14-21-53-17-2-6-24-65(53)68)76-71-27-9-11-29-73(71)77(74-30-12-10-28-72(74)76)80(62-46-38-58(39-47-62)69-33-15-22-54-18-3-7-25-66(54)69)63-48-40-59(41-49-63)75-70-26-8-4-19-55(70)50-51-78-75/h1-51H. The van der Waals surface area contributed by atoms with Crippen LogP contribution in [0.4, 0.5) is 34.1 Å². The molecule has 3 heteroatoms. The lowest BCUT2D eigenvalue weighted by Gasteiger charge is -2.33. The zero-order chi connectivity index (χ0) is 52.9. The number of fused-ring (bicyclic) bond motifs is 6. The van der Waals surface area contributed by atoms with Crippen molar-refractivity contribution in [3.8, 4) is 44.6 Å². The Morgan fingerprint density at radius 3 is 0.800 bits per heavy atom. The summed E-state index contributed by atoms with van der Waals surface area (Å²) >= 11 is 0. The summed E-state index contributed by atoms with van der Waals surface area (Å²) in [6.45, 7) is 0. The molecular formula is C77H51N3. The van der Waals surface area contributed by atoms with Crippen LogP contribution in [-0.2, 0) is 0 Å². The third kappa shape index (κ3) is 8.11. The number of aromatic nitrogens is 1. The van der Waals surface area contributed by atoms with E-state index in [2.05, 4.69) is 313 Å². The van der Waals surface area contributed by atoms with Crippen LogP contribution in [0.5, 0.6) is 0 Å². The van der Waals surface area contributed by atoms with Gasteiger partial charge in [0.25, 0.3) is 0 Å². The van der Waals surface area contributed by atoms with Crippen LogP contribution < -0.4 is 9.80 Å². The van der Waals surface area contributed by atoms with Gasteiger partial charge in [0.05, 0.1) is 17.1 Å². The summed E-state index contributed by atoms with van der Waals surface area (Å²) in [5, 5.41) is 14.2. The molecule has 0 fully saturated rings. The van der Waals surface area contributed by atoms with Crippen molar-refractivity contribution in [2.75, 3.05) is 9.80 Å². The summed E-state index contributed by atoms with van der Waals surface area (Å²) in [5.41, 5.74) is 15.6. The molecule has 0 atom stereocenters. The Balaban J connectivity index is 0.940. The minimum atomic E-state index is 0.969. The lowest BCUT2D eigenvalue weighted by Crippen LogP contribution is -2.14. The first-order valence-corrected chi connectivity index (χ1v) is 27.4. The summed E-state index contributed by atoms with van der Waals surface area (Å²) in [4.78, 5) is 9.87. The summed E-state index contributed by atoms with van der Waals surface area (Å²) in [7, 11) is 0. The van der Waals surface area contributed by atoms with Gasteiger partial charge in [-0.05, 0) is 126 Å². The van der Waals surface area contributed by atoms with E-state index in [-0.39, 0.29) is 0 Å². The smallest absolute Gasteiger partial charge is 0.0780 e. The zero-order valence-corrected chi connectivity index (χ0v) is 43.8. The Kier molecular flexibility index (Phi) is 11.5. The Morgan fingerprint density at radius 2 is 0.463 bits per heavy atom. The first-order valence-electron chi connectivity index (χ1n) is 27.4. The van der Waals surface area contributed by atoms with Crippen LogP contribution in [0.1, 0.15) is 0 Å². The van der Waals surface area contributed by atoms with Crippen molar-refractivity contribution in [3.63, 3.8) is 0 Å². The molecule has 0 saturated carbocycles. The molecule has 14 aromatic carbocycles. The van der Waals surface area contributed by atoms with Crippen LogP contribution in [0.25, 0.3) is 109 Å². The lowest BCUT2D eigenvalue weighted by molar-refractivity contribution is 1.29. The van der Waals surface area contributed by atoms with Gasteiger partial charge < -0.3 is 9.80 Å². The van der Waals surface area contributed by atoms with Gasteiger partial charge >= 0.3 is 0 Å². The molecule has 374 valence electrons. The molecule has 15 rings (SSSR count). The largest absolute Gasteiger partial charge is 0.309 e. The molecule has 0 unspecified atom stereocenters. The van der Waals surface area contributed by atoms with Crippen LogP contribution in [0, 0.1) is 0 Å². The first-order chi connectivity index (χ1) is 39.7. The van der Waals surface area contributed by atoms with E-state index in [4.69, 9.17) is 4.98 Å². The van der Waals surface area contributed by atoms with Crippen LogP contribution in [0.2, 0.25) is 0 Å². The highest BCUT2D eigenvalue weighted by Crippen LogP contribution is 2.52. The fraction of sp³-hybridized carbons (Fsp3) is 0. The van der Waals surface area contributed by atoms with Crippen LogP contribution in [0.3, 0.4) is 0 Å². The highest BCUT2D eigenvalue weighted by atomic mass is 15.2. The molecule has 0 radical (unpaired) electrons. The molecule has 0 saturated heterocycles. The molecule has 1 aromatic heterocycles. The first kappa shape index (κ1) is 46.7. The van der Waals surface area contributed by atoms with Crippen molar-refractivity contribution >= 4 is 98.8 Å². The maximum Gasteiger partial charge on any atom is 0.0780 e. The number of anilines is 6. The average Bonchev–Trinajstić information content (AvgIpc) is 3.71. The van der Waals surface area contributed by atoms with Crippen molar-refractivity contribution in [2.45, 2.75) is 0 Å². The van der Waals surface area contributed by atoms with Gasteiger partial charge in [-0.2, -0.15) is 0 Å². The Hall–Kier alpha value is -10.6. The number of nitrogens with zero attached hydrogens (tertiary/aromatic N) is 3. The molecule has 3 nitrogen and oxygen atoms in total. The van der Waals surface area contributed by atoms with Crippen molar-refractivity contribution in [2.24, 2.45) is 0 Å². The third-order valence-corrected chi connectivity index (χ3v) is 16.1. The summed E-state index contributed by atoms with van der Waals surface area (Å²) < 4.78 is 0. The van der Waals surface area contributed by atoms with E-state index in [1.54, 1.807) is 0 Å². The molecular weight excluding hydrogens is 967 g/mol. The number of rotatable bonds is 10. The van der Waals surface area contributed by atoms with Crippen LogP contribution >= 0.6 is 0 Å². The van der Waals surface area contributed by atoms with E-state index in [1.165, 1.54) is 71.1 Å². The molecule has 0 aliphatic rings. The van der Waals surface area contributed by atoms with Crippen molar-refractivity contribution in [1.82, 2.24) is 4.98 Å². The summed E-state index contributed by atoms with van der Waals surface area (Å²) in [6, 6.07) is 111. The van der Waals surface area contributed by atoms with Gasteiger partial charge in [0, 0.05) is 61.4 Å². The second-order valence-corrected chi connectivity index (χ2v) is 20.6. The second-order valence-electron chi connectivity index (χ2n) is 20.6. The number of benzene rings is 14. The van der Waals surface area contributed by atoms with Crippen LogP contribution in [0.15, 0.2) is 310 Å². The summed E-state index contributed by atoms with van der Waals surface area (Å²) in [6.07, 6.45) is 1.91. The maximum absolute atomic E-state index is 4.93. The predicted octanol–water partition coefficient (Wildman–Crippen LogP) is 21.6. The minimum absolute atomic E-state index is 0.969. The normalized spacial score (nSPS) is 11.5. The van der Waals surface area contributed by atoms with E-state index in [0.29, 0.717) is 0 Å². The van der Waals surface area contributed by atoms with Crippen molar-refractivity contribution in [1.29, 1.82) is 0 Å². The monoisotopic (exact) mass is 1020 g/mol. The Bertz CT molecular complexity index is 4180. The lowest BCUT2D eigenvalue weighted by atomic mass is 9.94. The molecule has 0 aliphatic heterocycles. The van der Waals surface area contributed by atoms with Gasteiger partial charge in [0.2, 0.25) is 0 Å². The molecule has 0 aliphatic carbocycles. The van der Waals surface area contributed by atoms with Gasteiger partial charge in [0.1, 0.15) is 0 Å². The SMILES string of the molecule is c1ccc2c(-c3ccc(N(c4ccc(-c5cccc6ccccc56)cc4)c4c5ccccc5c(N(c5ccc(-c6cccc7ccccc67)cc5)c5ccc(-c6nccc7ccccc67)cc5)c5ccccc45)cc3)cccc2c1. The molecule has 0 N–H and O–H groups in total. The van der Waals surface area contributed by atoms with Crippen molar-refractivity contribution < 1.29 is 0 Å². The zero-order valence-electron chi connectivity index (χ0n) is 43.8. The van der Waals surface area contributed by atoms with Gasteiger partial charge in [-0.15, -0.1) is 0 Å². The molecule has 0 spiro atoms. The van der Waals surface area contributed by atoms with Gasteiger partial charge in [0.15, 0.2) is 0 Å². The fourth-order valence-electron chi connectivity index (χ4n) is 12.3. The highest BCUT2D eigenvalue weighted by molar-refractivity contribution is 6.23. The highest BCUT2D eigenvalue weighted by Gasteiger charge is 2.26. The molecule has 0 bridgehead atoms. The van der Waals surface area contributed by atoms with Crippen LogP contribution in [-0.4, -0.2) is 4.98 Å². The van der Waals surface area contributed by atoms with E-state index in [0.717, 1.165) is 72.3 Å². The number of pyridine rings is 1. The molecule has 1 heterocycles. The van der Waals surface area contributed by atoms with Gasteiger partial charge in [-0.25, -0.2) is 0 Å². The van der Waals surface area contributed by atoms with E-state index < -0.39 is 0 Å². The third-order valence-electron chi connectivity index (χ3n) is 16.1. The number of hydrogen-bond acceptors (Lipinski definition) is 3. The van der Waals surface area contributed by atoms with E-state index >= 15 is 0 Å².